The van der Waals surface area contributed by atoms with Gasteiger partial charge in [0, 0.05) is 31.9 Å². The third-order valence-corrected chi connectivity index (χ3v) is 7.28. The van der Waals surface area contributed by atoms with E-state index in [1.165, 1.54) is 7.11 Å². The van der Waals surface area contributed by atoms with Crippen LogP contribution >= 0.6 is 22.6 Å². The SMILES string of the molecule is CCOc1cc([C@@H]2C(C(=O)OC)=C(C)NC3=C2C(=O)c2ccccc23)ccc1OCc1ccc(I)cc1. The van der Waals surface area contributed by atoms with E-state index in [9.17, 15) is 9.59 Å². The topological polar surface area (TPSA) is 73.9 Å². The Morgan fingerprint density at radius 2 is 1.70 bits per heavy atom. The number of ether oxygens (including phenoxy) is 3. The van der Waals surface area contributed by atoms with Crippen LogP contribution < -0.4 is 14.8 Å². The summed E-state index contributed by atoms with van der Waals surface area (Å²) in [5.74, 6) is -0.0611. The highest BCUT2D eigenvalue weighted by Crippen LogP contribution is 2.48. The molecule has 5 rings (SSSR count). The summed E-state index contributed by atoms with van der Waals surface area (Å²) >= 11 is 2.27. The van der Waals surface area contributed by atoms with Crippen LogP contribution in [-0.4, -0.2) is 25.5 Å². The minimum atomic E-state index is -0.618. The van der Waals surface area contributed by atoms with E-state index >= 15 is 0 Å². The summed E-state index contributed by atoms with van der Waals surface area (Å²) in [7, 11) is 1.35. The molecule has 1 atom stereocenters. The van der Waals surface area contributed by atoms with Gasteiger partial charge in [-0.25, -0.2) is 4.79 Å². The number of esters is 1. The zero-order valence-corrected chi connectivity index (χ0v) is 22.9. The Morgan fingerprint density at radius 1 is 0.973 bits per heavy atom. The number of fused-ring (bicyclic) bond motifs is 2. The number of hydrogen-bond acceptors (Lipinski definition) is 6. The van der Waals surface area contributed by atoms with Crippen molar-refractivity contribution in [1.82, 2.24) is 5.32 Å². The van der Waals surface area contributed by atoms with Gasteiger partial charge in [0.25, 0.3) is 0 Å². The number of nitrogens with one attached hydrogen (secondary N) is 1. The number of methoxy groups -OCH3 is 1. The number of carbonyl (C=O) groups excluding carboxylic acids is 2. The van der Waals surface area contributed by atoms with Crippen molar-refractivity contribution in [1.29, 1.82) is 0 Å². The summed E-state index contributed by atoms with van der Waals surface area (Å²) in [6.07, 6.45) is 0. The maximum Gasteiger partial charge on any atom is 0.336 e. The third kappa shape index (κ3) is 4.64. The van der Waals surface area contributed by atoms with Crippen molar-refractivity contribution in [3.05, 3.63) is 109 Å². The van der Waals surface area contributed by atoms with E-state index in [1.807, 2.05) is 80.6 Å². The maximum atomic E-state index is 13.6. The molecule has 0 saturated carbocycles. The lowest BCUT2D eigenvalue weighted by atomic mass is 9.79. The van der Waals surface area contributed by atoms with Crippen LogP contribution in [0.5, 0.6) is 11.5 Å². The van der Waals surface area contributed by atoms with Gasteiger partial charge in [0.2, 0.25) is 0 Å². The molecule has 1 N–H and O–H groups in total. The first-order valence-corrected chi connectivity index (χ1v) is 13.1. The van der Waals surface area contributed by atoms with Crippen molar-refractivity contribution >= 4 is 40.0 Å². The first-order valence-electron chi connectivity index (χ1n) is 12.0. The van der Waals surface area contributed by atoms with Gasteiger partial charge in [-0.1, -0.05) is 42.5 Å². The Kier molecular flexibility index (Phi) is 7.06. The van der Waals surface area contributed by atoms with Gasteiger partial charge >= 0.3 is 5.97 Å². The van der Waals surface area contributed by atoms with Crippen LogP contribution in [-0.2, 0) is 16.1 Å². The molecular formula is C30H26INO5. The molecule has 0 radical (unpaired) electrons. The van der Waals surface area contributed by atoms with Gasteiger partial charge in [-0.15, -0.1) is 0 Å². The van der Waals surface area contributed by atoms with Gasteiger partial charge in [-0.05, 0) is 71.8 Å². The van der Waals surface area contributed by atoms with E-state index in [1.54, 1.807) is 0 Å². The van der Waals surface area contributed by atoms with Crippen molar-refractivity contribution in [3.8, 4) is 11.5 Å². The first-order chi connectivity index (χ1) is 17.9. The van der Waals surface area contributed by atoms with E-state index in [4.69, 9.17) is 14.2 Å². The molecule has 0 spiro atoms. The second-order valence-electron chi connectivity index (χ2n) is 8.81. The quantitative estimate of drug-likeness (QED) is 0.262. The summed E-state index contributed by atoms with van der Waals surface area (Å²) < 4.78 is 18.4. The van der Waals surface area contributed by atoms with Crippen LogP contribution in [0, 0.1) is 3.57 Å². The lowest BCUT2D eigenvalue weighted by Gasteiger charge is -2.29. The van der Waals surface area contributed by atoms with Gasteiger partial charge in [-0.3, -0.25) is 4.79 Å². The number of dihydropyridines is 1. The smallest absolute Gasteiger partial charge is 0.336 e. The summed E-state index contributed by atoms with van der Waals surface area (Å²) in [6.45, 7) is 4.56. The van der Waals surface area contributed by atoms with Crippen LogP contribution in [0.15, 0.2) is 83.6 Å². The Balaban J connectivity index is 1.57. The number of ketones is 1. The normalized spacial score (nSPS) is 16.2. The Labute approximate surface area is 229 Å². The van der Waals surface area contributed by atoms with Crippen molar-refractivity contribution in [2.75, 3.05) is 13.7 Å². The van der Waals surface area contributed by atoms with E-state index in [-0.39, 0.29) is 5.78 Å². The molecule has 3 aromatic carbocycles. The summed E-state index contributed by atoms with van der Waals surface area (Å²) in [6, 6.07) is 21.2. The third-order valence-electron chi connectivity index (χ3n) is 6.56. The van der Waals surface area contributed by atoms with Crippen molar-refractivity contribution in [2.45, 2.75) is 26.4 Å². The van der Waals surface area contributed by atoms with Crippen LogP contribution in [0.4, 0.5) is 0 Å². The predicted octanol–water partition coefficient (Wildman–Crippen LogP) is 6.01. The van der Waals surface area contributed by atoms with E-state index < -0.39 is 11.9 Å². The lowest BCUT2D eigenvalue weighted by Crippen LogP contribution is -2.29. The molecule has 0 bridgehead atoms. The largest absolute Gasteiger partial charge is 0.490 e. The maximum absolute atomic E-state index is 13.6. The highest BCUT2D eigenvalue weighted by molar-refractivity contribution is 14.1. The highest BCUT2D eigenvalue weighted by Gasteiger charge is 2.43. The number of benzene rings is 3. The summed E-state index contributed by atoms with van der Waals surface area (Å²) in [5.41, 5.74) is 5.55. The molecule has 0 amide bonds. The molecule has 1 heterocycles. The van der Waals surface area contributed by atoms with Crippen LogP contribution in [0.2, 0.25) is 0 Å². The Hall–Kier alpha value is -3.59. The number of Topliss-reactive ketones (excluding diaryl/α,β-unsaturated/α-hetero) is 1. The standard InChI is InChI=1S/C30H26INO5/c1-4-36-24-15-19(11-14-23(24)37-16-18-9-12-20(31)13-10-18)26-25(30(34)35-3)17(2)32-28-21-7-5-6-8-22(21)29(33)27(26)28/h5-15,26,32H,4,16H2,1-3H3/t26-/m1/s1. The number of rotatable bonds is 7. The van der Waals surface area contributed by atoms with Gasteiger partial charge in [0.15, 0.2) is 17.3 Å². The number of hydrogen-bond donors (Lipinski definition) is 1. The first kappa shape index (κ1) is 25.1. The fourth-order valence-electron chi connectivity index (χ4n) is 4.88. The summed E-state index contributed by atoms with van der Waals surface area (Å²) in [4.78, 5) is 26.6. The number of halogens is 1. The molecule has 2 aliphatic rings. The number of allylic oxidation sites excluding steroid dienone is 2. The van der Waals surface area contributed by atoms with Crippen molar-refractivity contribution in [3.63, 3.8) is 0 Å². The minimum absolute atomic E-state index is 0.103. The predicted molar refractivity (Wildman–Crippen MR) is 149 cm³/mol. The second kappa shape index (κ2) is 10.4. The fourth-order valence-corrected chi connectivity index (χ4v) is 5.24. The number of carbonyl (C=O) groups is 2. The highest BCUT2D eigenvalue weighted by atomic mass is 127. The molecule has 1 aliphatic heterocycles. The zero-order valence-electron chi connectivity index (χ0n) is 20.8. The van der Waals surface area contributed by atoms with Crippen LogP contribution in [0.3, 0.4) is 0 Å². The average Bonchev–Trinajstić information content (AvgIpc) is 3.19. The minimum Gasteiger partial charge on any atom is -0.490 e. The molecule has 0 fully saturated rings. The fraction of sp³-hybridized carbons (Fsp3) is 0.200. The molecule has 0 aromatic heterocycles. The Morgan fingerprint density at radius 3 is 2.41 bits per heavy atom. The molecule has 0 unspecified atom stereocenters. The lowest BCUT2D eigenvalue weighted by molar-refractivity contribution is -0.136. The van der Waals surface area contributed by atoms with E-state index in [0.717, 1.165) is 26.0 Å². The molecular weight excluding hydrogens is 581 g/mol. The second-order valence-corrected chi connectivity index (χ2v) is 10.1. The van der Waals surface area contributed by atoms with Crippen molar-refractivity contribution in [2.24, 2.45) is 0 Å². The van der Waals surface area contributed by atoms with E-state index in [0.29, 0.717) is 47.1 Å². The van der Waals surface area contributed by atoms with Crippen LogP contribution in [0.25, 0.3) is 5.70 Å². The molecule has 188 valence electrons. The molecule has 1 aliphatic carbocycles. The molecule has 3 aromatic rings. The van der Waals surface area contributed by atoms with Gasteiger partial charge in [0.05, 0.1) is 25.0 Å². The van der Waals surface area contributed by atoms with Gasteiger partial charge < -0.3 is 19.5 Å². The molecule has 37 heavy (non-hydrogen) atoms. The van der Waals surface area contributed by atoms with Gasteiger partial charge in [0.1, 0.15) is 6.61 Å². The van der Waals surface area contributed by atoms with Gasteiger partial charge in [-0.2, -0.15) is 0 Å². The van der Waals surface area contributed by atoms with Crippen LogP contribution in [0.1, 0.15) is 46.8 Å². The van der Waals surface area contributed by atoms with E-state index in [2.05, 4.69) is 27.9 Å². The molecule has 0 saturated heterocycles. The zero-order chi connectivity index (χ0) is 26.1. The molecule has 6 nitrogen and oxygen atoms in total. The average molecular weight is 607 g/mol. The Bertz CT molecular complexity index is 1460. The van der Waals surface area contributed by atoms with Crippen molar-refractivity contribution < 1.29 is 23.8 Å². The summed E-state index contributed by atoms with van der Waals surface area (Å²) in [5, 5.41) is 3.30. The molecule has 7 heteroatoms. The monoisotopic (exact) mass is 607 g/mol.